The van der Waals surface area contributed by atoms with Gasteiger partial charge >= 0.3 is 6.03 Å². The molecule has 0 bridgehead atoms. The van der Waals surface area contributed by atoms with Crippen molar-refractivity contribution in [3.63, 3.8) is 0 Å². The van der Waals surface area contributed by atoms with E-state index in [2.05, 4.69) is 16.9 Å². The first kappa shape index (κ1) is 18.9. The minimum absolute atomic E-state index is 0.153. The van der Waals surface area contributed by atoms with Crippen LogP contribution in [-0.4, -0.2) is 46.4 Å². The summed E-state index contributed by atoms with van der Waals surface area (Å²) < 4.78 is 13.8. The van der Waals surface area contributed by atoms with Gasteiger partial charge in [0.05, 0.1) is 23.9 Å². The molecule has 0 spiro atoms. The summed E-state index contributed by atoms with van der Waals surface area (Å²) in [5.74, 6) is -0.566. The van der Waals surface area contributed by atoms with Crippen LogP contribution in [0.1, 0.15) is 17.3 Å². The number of carbonyl (C=O) groups excluding carboxylic acids is 2. The smallest absolute Gasteiger partial charge is 0.322 e. The summed E-state index contributed by atoms with van der Waals surface area (Å²) in [5, 5.41) is 2.85. The third kappa shape index (κ3) is 3.63. The Morgan fingerprint density at radius 3 is 2.83 bits per heavy atom. The standard InChI is InChI=1S/C22H21FN4O2/c1-2-11-27-18-14-26(12-9-17-8-3-4-10-24-17)21(28)19(18)20(25-22(27)29)15-6-5-7-16(23)13-15/h2-8,10,13,20H,1,9,11-12,14H2,(H,25,29). The first-order valence-electron chi connectivity index (χ1n) is 9.45. The average Bonchev–Trinajstić information content (AvgIpc) is 3.05. The summed E-state index contributed by atoms with van der Waals surface area (Å²) in [4.78, 5) is 33.5. The minimum Gasteiger partial charge on any atom is -0.333 e. The maximum absolute atomic E-state index is 13.8. The summed E-state index contributed by atoms with van der Waals surface area (Å²) >= 11 is 0. The Balaban J connectivity index is 1.64. The maximum atomic E-state index is 13.8. The number of halogens is 1. The summed E-state index contributed by atoms with van der Waals surface area (Å²) in [6, 6.07) is 10.6. The molecule has 6 nitrogen and oxygen atoms in total. The zero-order valence-corrected chi connectivity index (χ0v) is 15.8. The largest absolute Gasteiger partial charge is 0.333 e. The lowest BCUT2D eigenvalue weighted by atomic mass is 9.95. The first-order valence-corrected chi connectivity index (χ1v) is 9.45. The number of hydrogen-bond donors (Lipinski definition) is 1. The second kappa shape index (κ2) is 7.87. The topological polar surface area (TPSA) is 65.5 Å². The highest BCUT2D eigenvalue weighted by atomic mass is 19.1. The lowest BCUT2D eigenvalue weighted by molar-refractivity contribution is -0.125. The summed E-state index contributed by atoms with van der Waals surface area (Å²) in [7, 11) is 0. The number of nitrogens with one attached hydrogen (secondary N) is 1. The molecule has 1 aromatic carbocycles. The van der Waals surface area contributed by atoms with Crippen LogP contribution in [0.4, 0.5) is 9.18 Å². The number of aromatic nitrogens is 1. The monoisotopic (exact) mass is 392 g/mol. The maximum Gasteiger partial charge on any atom is 0.322 e. The lowest BCUT2D eigenvalue weighted by Gasteiger charge is -2.33. The van der Waals surface area contributed by atoms with Gasteiger partial charge in [0.1, 0.15) is 5.82 Å². The molecule has 7 heteroatoms. The summed E-state index contributed by atoms with van der Waals surface area (Å²) in [5.41, 5.74) is 2.57. The number of benzene rings is 1. The second-order valence-electron chi connectivity index (χ2n) is 6.99. The molecule has 3 heterocycles. The lowest BCUT2D eigenvalue weighted by Crippen LogP contribution is -2.47. The van der Waals surface area contributed by atoms with E-state index >= 15 is 0 Å². The Morgan fingerprint density at radius 2 is 2.10 bits per heavy atom. The van der Waals surface area contributed by atoms with Crippen molar-refractivity contribution in [3.8, 4) is 0 Å². The van der Waals surface area contributed by atoms with Crippen LogP contribution >= 0.6 is 0 Å². The van der Waals surface area contributed by atoms with E-state index in [1.807, 2.05) is 18.2 Å². The fourth-order valence-electron chi connectivity index (χ4n) is 3.78. The van der Waals surface area contributed by atoms with E-state index in [0.29, 0.717) is 42.9 Å². The van der Waals surface area contributed by atoms with Crippen molar-refractivity contribution in [2.45, 2.75) is 12.5 Å². The molecule has 29 heavy (non-hydrogen) atoms. The van der Waals surface area contributed by atoms with Gasteiger partial charge in [-0.15, -0.1) is 6.58 Å². The molecule has 148 valence electrons. The number of carbonyl (C=O) groups is 2. The molecule has 0 fully saturated rings. The highest BCUT2D eigenvalue weighted by molar-refractivity contribution is 6.01. The van der Waals surface area contributed by atoms with E-state index < -0.39 is 11.9 Å². The van der Waals surface area contributed by atoms with Crippen molar-refractivity contribution in [2.75, 3.05) is 19.6 Å². The molecular formula is C22H21FN4O2. The highest BCUT2D eigenvalue weighted by Gasteiger charge is 2.43. The van der Waals surface area contributed by atoms with Crippen molar-refractivity contribution in [1.82, 2.24) is 20.1 Å². The van der Waals surface area contributed by atoms with Gasteiger partial charge in [-0.2, -0.15) is 0 Å². The third-order valence-corrected chi connectivity index (χ3v) is 5.15. The van der Waals surface area contributed by atoms with Gasteiger partial charge in [0.25, 0.3) is 5.91 Å². The van der Waals surface area contributed by atoms with E-state index in [1.165, 1.54) is 17.0 Å². The van der Waals surface area contributed by atoms with Crippen LogP contribution < -0.4 is 5.32 Å². The molecule has 4 rings (SSSR count). The van der Waals surface area contributed by atoms with Crippen LogP contribution in [0.2, 0.25) is 0 Å². The van der Waals surface area contributed by atoms with Gasteiger partial charge in [-0.05, 0) is 29.8 Å². The van der Waals surface area contributed by atoms with Crippen molar-refractivity contribution in [3.05, 3.63) is 89.7 Å². The van der Waals surface area contributed by atoms with Gasteiger partial charge in [0.2, 0.25) is 0 Å². The Bertz CT molecular complexity index is 989. The first-order chi connectivity index (χ1) is 14.1. The summed E-state index contributed by atoms with van der Waals surface area (Å²) in [6.07, 6.45) is 3.95. The second-order valence-corrected chi connectivity index (χ2v) is 6.99. The molecule has 0 radical (unpaired) electrons. The molecule has 2 aliphatic heterocycles. The van der Waals surface area contributed by atoms with Crippen molar-refractivity contribution >= 4 is 11.9 Å². The highest BCUT2D eigenvalue weighted by Crippen LogP contribution is 2.36. The molecule has 2 aliphatic rings. The van der Waals surface area contributed by atoms with Crippen LogP contribution in [0.3, 0.4) is 0 Å². The molecule has 0 saturated heterocycles. The van der Waals surface area contributed by atoms with Gasteiger partial charge in [0, 0.05) is 31.4 Å². The Labute approximate surface area is 168 Å². The van der Waals surface area contributed by atoms with Crippen molar-refractivity contribution in [2.24, 2.45) is 0 Å². The zero-order valence-electron chi connectivity index (χ0n) is 15.8. The molecule has 1 N–H and O–H groups in total. The third-order valence-electron chi connectivity index (χ3n) is 5.15. The molecule has 1 atom stereocenters. The number of nitrogens with zero attached hydrogens (tertiary/aromatic N) is 3. The Morgan fingerprint density at radius 1 is 1.24 bits per heavy atom. The average molecular weight is 392 g/mol. The fourth-order valence-corrected chi connectivity index (χ4v) is 3.78. The number of hydrogen-bond acceptors (Lipinski definition) is 3. The quantitative estimate of drug-likeness (QED) is 0.769. The Kier molecular flexibility index (Phi) is 5.12. The Hall–Kier alpha value is -3.48. The van der Waals surface area contributed by atoms with E-state index in [-0.39, 0.29) is 11.9 Å². The number of amides is 3. The van der Waals surface area contributed by atoms with E-state index in [0.717, 1.165) is 5.69 Å². The van der Waals surface area contributed by atoms with Crippen molar-refractivity contribution < 1.29 is 14.0 Å². The summed E-state index contributed by atoms with van der Waals surface area (Å²) in [6.45, 7) is 4.81. The molecule has 1 unspecified atom stereocenters. The van der Waals surface area contributed by atoms with Crippen LogP contribution in [0.5, 0.6) is 0 Å². The van der Waals surface area contributed by atoms with Gasteiger partial charge in [-0.1, -0.05) is 24.3 Å². The van der Waals surface area contributed by atoms with Crippen LogP contribution in [0, 0.1) is 5.82 Å². The SMILES string of the molecule is C=CCN1C(=O)NC(c2cccc(F)c2)C2=C1CN(CCc1ccccn1)C2=O. The van der Waals surface area contributed by atoms with E-state index in [4.69, 9.17) is 0 Å². The van der Waals surface area contributed by atoms with Gasteiger partial charge in [-0.3, -0.25) is 14.7 Å². The van der Waals surface area contributed by atoms with E-state index in [9.17, 15) is 14.0 Å². The molecule has 0 saturated carbocycles. The molecule has 0 aliphatic carbocycles. The molecule has 1 aromatic heterocycles. The molecule has 3 amide bonds. The number of pyridine rings is 1. The van der Waals surface area contributed by atoms with Crippen LogP contribution in [-0.2, 0) is 11.2 Å². The predicted molar refractivity (Wildman–Crippen MR) is 106 cm³/mol. The minimum atomic E-state index is -0.679. The van der Waals surface area contributed by atoms with Gasteiger partial charge in [-0.25, -0.2) is 9.18 Å². The van der Waals surface area contributed by atoms with Crippen LogP contribution in [0.15, 0.2) is 72.6 Å². The normalized spacial score (nSPS) is 18.7. The predicted octanol–water partition coefficient (Wildman–Crippen LogP) is 2.81. The molecule has 2 aromatic rings. The van der Waals surface area contributed by atoms with Gasteiger partial charge in [0.15, 0.2) is 0 Å². The van der Waals surface area contributed by atoms with Gasteiger partial charge < -0.3 is 10.2 Å². The van der Waals surface area contributed by atoms with Crippen molar-refractivity contribution in [1.29, 1.82) is 0 Å². The van der Waals surface area contributed by atoms with E-state index in [1.54, 1.807) is 29.3 Å². The number of rotatable bonds is 6. The van der Waals surface area contributed by atoms with Crippen LogP contribution in [0.25, 0.3) is 0 Å². The fraction of sp³-hybridized carbons (Fsp3) is 0.227. The zero-order chi connectivity index (χ0) is 20.4. The molecular weight excluding hydrogens is 371 g/mol. The number of urea groups is 1.